The molecule has 0 rings (SSSR count). The zero-order valence-corrected chi connectivity index (χ0v) is 4.39. The number of rotatable bonds is 2. The van der Waals surface area contributed by atoms with Gasteiger partial charge in [0.25, 0.3) is 0 Å². The monoisotopic (exact) mass is 100 g/mol. The first-order valence-corrected chi connectivity index (χ1v) is 2.20. The summed E-state index contributed by atoms with van der Waals surface area (Å²) < 4.78 is 11.9. The van der Waals surface area contributed by atoms with Crippen molar-refractivity contribution in [3.8, 4) is 0 Å². The lowest BCUT2D eigenvalue weighted by Gasteiger charge is -1.86. The average molecular weight is 100 g/mol. The summed E-state index contributed by atoms with van der Waals surface area (Å²) in [5.41, 5.74) is 0. The highest BCUT2D eigenvalue weighted by Gasteiger charge is 1.86. The highest BCUT2D eigenvalue weighted by atomic mass is 19.1. The molecule has 0 aliphatic heterocycles. The fourth-order valence-corrected chi connectivity index (χ4v) is 0.262. The van der Waals surface area contributed by atoms with Gasteiger partial charge in [-0.1, -0.05) is 24.8 Å². The molecule has 0 aliphatic carbocycles. The molecule has 1 unspecified atom stereocenters. The first-order valence-electron chi connectivity index (χ1n) is 2.20. The molecule has 0 aromatic rings. The summed E-state index contributed by atoms with van der Waals surface area (Å²) in [6, 6.07) is 0. The molecule has 1 atom stereocenters. The molecule has 0 aromatic heterocycles. The highest BCUT2D eigenvalue weighted by molar-refractivity contribution is 4.96. The van der Waals surface area contributed by atoms with Gasteiger partial charge in [-0.3, -0.25) is 0 Å². The van der Waals surface area contributed by atoms with Crippen molar-refractivity contribution in [3.05, 3.63) is 24.8 Å². The second-order valence-corrected chi connectivity index (χ2v) is 1.21. The van der Waals surface area contributed by atoms with Gasteiger partial charge in [0.2, 0.25) is 0 Å². The van der Waals surface area contributed by atoms with Gasteiger partial charge in [0.15, 0.2) is 0 Å². The molecule has 40 valence electrons. The maximum atomic E-state index is 11.9. The SMILES string of the molecule is C=CC(F)C=CC. The van der Waals surface area contributed by atoms with E-state index in [2.05, 4.69) is 6.58 Å². The first kappa shape index (κ1) is 6.41. The predicted molar refractivity (Wildman–Crippen MR) is 29.9 cm³/mol. The lowest BCUT2D eigenvalue weighted by molar-refractivity contribution is 0.469. The van der Waals surface area contributed by atoms with Crippen LogP contribution in [0.1, 0.15) is 6.92 Å². The topological polar surface area (TPSA) is 0 Å². The van der Waals surface area contributed by atoms with E-state index in [9.17, 15) is 4.39 Å². The summed E-state index contributed by atoms with van der Waals surface area (Å²) >= 11 is 0. The summed E-state index contributed by atoms with van der Waals surface area (Å²) in [5, 5.41) is 0. The Morgan fingerprint density at radius 2 is 2.29 bits per heavy atom. The Morgan fingerprint density at radius 1 is 1.71 bits per heavy atom. The van der Waals surface area contributed by atoms with E-state index in [0.29, 0.717) is 0 Å². The molecule has 1 heteroatoms. The second kappa shape index (κ2) is 3.59. The third kappa shape index (κ3) is 3.23. The molecule has 7 heavy (non-hydrogen) atoms. The van der Waals surface area contributed by atoms with Gasteiger partial charge < -0.3 is 0 Å². The number of hydrogen-bond donors (Lipinski definition) is 0. The van der Waals surface area contributed by atoms with Gasteiger partial charge >= 0.3 is 0 Å². The van der Waals surface area contributed by atoms with E-state index in [0.717, 1.165) is 0 Å². The quantitative estimate of drug-likeness (QED) is 0.466. The third-order valence-electron chi connectivity index (χ3n) is 0.601. The Hall–Kier alpha value is -0.590. The summed E-state index contributed by atoms with van der Waals surface area (Å²) in [7, 11) is 0. The van der Waals surface area contributed by atoms with E-state index in [4.69, 9.17) is 0 Å². The van der Waals surface area contributed by atoms with Crippen molar-refractivity contribution in [1.29, 1.82) is 0 Å². The van der Waals surface area contributed by atoms with Crippen molar-refractivity contribution in [2.75, 3.05) is 0 Å². The van der Waals surface area contributed by atoms with Crippen LogP contribution < -0.4 is 0 Å². The minimum atomic E-state index is -0.968. The molecule has 0 fully saturated rings. The molecular weight excluding hydrogens is 91.1 g/mol. The Balaban J connectivity index is 3.35. The van der Waals surface area contributed by atoms with Crippen LogP contribution in [0.25, 0.3) is 0 Å². The normalized spacial score (nSPS) is 14.6. The fraction of sp³-hybridized carbons (Fsp3) is 0.333. The Morgan fingerprint density at radius 3 is 2.43 bits per heavy atom. The van der Waals surface area contributed by atoms with Crippen LogP contribution in [0.4, 0.5) is 4.39 Å². The van der Waals surface area contributed by atoms with E-state index < -0.39 is 6.17 Å². The van der Waals surface area contributed by atoms with Crippen LogP contribution in [-0.2, 0) is 0 Å². The van der Waals surface area contributed by atoms with Crippen LogP contribution in [0.2, 0.25) is 0 Å². The van der Waals surface area contributed by atoms with E-state index in [1.165, 1.54) is 12.2 Å². The summed E-state index contributed by atoms with van der Waals surface area (Å²) in [6.07, 6.45) is 3.38. The molecule has 0 heterocycles. The number of halogens is 1. The largest absolute Gasteiger partial charge is 0.238 e. The van der Waals surface area contributed by atoms with Crippen LogP contribution in [-0.4, -0.2) is 6.17 Å². The van der Waals surface area contributed by atoms with Gasteiger partial charge in [0, 0.05) is 0 Å². The Labute approximate surface area is 43.4 Å². The maximum absolute atomic E-state index is 11.9. The molecule has 0 spiro atoms. The Kier molecular flexibility index (Phi) is 3.29. The van der Waals surface area contributed by atoms with Crippen LogP contribution in [0.5, 0.6) is 0 Å². The number of alkyl halides is 1. The minimum absolute atomic E-state index is 0.968. The van der Waals surface area contributed by atoms with Crippen molar-refractivity contribution in [2.24, 2.45) is 0 Å². The molecule has 0 aromatic carbocycles. The van der Waals surface area contributed by atoms with E-state index in [1.54, 1.807) is 13.0 Å². The van der Waals surface area contributed by atoms with Gasteiger partial charge in [-0.2, -0.15) is 0 Å². The molecule has 0 N–H and O–H groups in total. The summed E-state index contributed by atoms with van der Waals surface area (Å²) in [5.74, 6) is 0. The molecule has 0 saturated carbocycles. The second-order valence-electron chi connectivity index (χ2n) is 1.21. The third-order valence-corrected chi connectivity index (χ3v) is 0.601. The molecule has 0 radical (unpaired) electrons. The van der Waals surface area contributed by atoms with E-state index >= 15 is 0 Å². The lowest BCUT2D eigenvalue weighted by Crippen LogP contribution is -1.83. The van der Waals surface area contributed by atoms with Crippen LogP contribution in [0, 0.1) is 0 Å². The minimum Gasteiger partial charge on any atom is -0.238 e. The fourth-order valence-electron chi connectivity index (χ4n) is 0.262. The maximum Gasteiger partial charge on any atom is 0.136 e. The zero-order valence-electron chi connectivity index (χ0n) is 4.39. The lowest BCUT2D eigenvalue weighted by atomic mass is 10.3. The number of hydrogen-bond acceptors (Lipinski definition) is 0. The van der Waals surface area contributed by atoms with Gasteiger partial charge in [0.05, 0.1) is 0 Å². The molecule has 0 aliphatic rings. The van der Waals surface area contributed by atoms with E-state index in [-0.39, 0.29) is 0 Å². The van der Waals surface area contributed by atoms with E-state index in [1.807, 2.05) is 0 Å². The summed E-state index contributed by atoms with van der Waals surface area (Å²) in [6.45, 7) is 5.03. The van der Waals surface area contributed by atoms with Crippen molar-refractivity contribution in [1.82, 2.24) is 0 Å². The van der Waals surface area contributed by atoms with Crippen LogP contribution in [0.3, 0.4) is 0 Å². The average Bonchev–Trinajstić information content (AvgIpc) is 1.68. The standard InChI is InChI=1S/C6H9F/c1-3-5-6(7)4-2/h3-6H,2H2,1H3. The van der Waals surface area contributed by atoms with Crippen molar-refractivity contribution in [2.45, 2.75) is 13.1 Å². The zero-order chi connectivity index (χ0) is 5.70. The number of allylic oxidation sites excluding steroid dienone is 3. The van der Waals surface area contributed by atoms with Gasteiger partial charge in [0.1, 0.15) is 6.17 Å². The van der Waals surface area contributed by atoms with Gasteiger partial charge in [-0.05, 0) is 6.92 Å². The van der Waals surface area contributed by atoms with Crippen LogP contribution >= 0.6 is 0 Å². The summed E-state index contributed by atoms with van der Waals surface area (Å²) in [4.78, 5) is 0. The molecule has 0 bridgehead atoms. The molecule has 0 saturated heterocycles. The molecular formula is C6H9F. The first-order chi connectivity index (χ1) is 3.31. The van der Waals surface area contributed by atoms with Crippen molar-refractivity contribution in [3.63, 3.8) is 0 Å². The van der Waals surface area contributed by atoms with Crippen molar-refractivity contribution < 1.29 is 4.39 Å². The predicted octanol–water partition coefficient (Wildman–Crippen LogP) is 2.09. The van der Waals surface area contributed by atoms with Gasteiger partial charge in [-0.25, -0.2) is 4.39 Å². The highest BCUT2D eigenvalue weighted by Crippen LogP contribution is 1.91. The smallest absolute Gasteiger partial charge is 0.136 e. The Bertz CT molecular complexity index is 74.2. The van der Waals surface area contributed by atoms with Crippen LogP contribution in [0.15, 0.2) is 24.8 Å². The molecule has 0 amide bonds. The van der Waals surface area contributed by atoms with Crippen molar-refractivity contribution >= 4 is 0 Å². The molecule has 0 nitrogen and oxygen atoms in total. The van der Waals surface area contributed by atoms with Gasteiger partial charge in [-0.15, -0.1) is 0 Å².